The fourth-order valence-corrected chi connectivity index (χ4v) is 2.24. The number of nitrogens with two attached hydrogens (primary N) is 1. The molecule has 1 aromatic rings. The Labute approximate surface area is 107 Å². The van der Waals surface area contributed by atoms with Gasteiger partial charge in [0, 0.05) is 12.1 Å². The third-order valence-electron chi connectivity index (χ3n) is 3.32. The van der Waals surface area contributed by atoms with Crippen LogP contribution in [-0.2, 0) is 0 Å². The molecule has 18 heavy (non-hydrogen) atoms. The molecule has 2 rings (SSSR count). The van der Waals surface area contributed by atoms with Crippen molar-refractivity contribution in [3.05, 3.63) is 23.8 Å². The molecule has 0 amide bonds. The fraction of sp³-hybridized carbons (Fsp3) is 0.500. The zero-order valence-corrected chi connectivity index (χ0v) is 10.6. The van der Waals surface area contributed by atoms with Gasteiger partial charge in [-0.1, -0.05) is 0 Å². The highest BCUT2D eigenvalue weighted by atomic mass is 16.5. The predicted octanol–water partition coefficient (Wildman–Crippen LogP) is 2.22. The van der Waals surface area contributed by atoms with Crippen LogP contribution < -0.4 is 15.2 Å². The molecule has 0 bridgehead atoms. The summed E-state index contributed by atoms with van der Waals surface area (Å²) in [6.07, 6.45) is 4.23. The molecule has 0 radical (unpaired) electrons. The van der Waals surface area contributed by atoms with Crippen molar-refractivity contribution in [3.63, 3.8) is 0 Å². The number of hydrogen-bond donors (Lipinski definition) is 1. The summed E-state index contributed by atoms with van der Waals surface area (Å²) in [5, 5.41) is 8.91. The van der Waals surface area contributed by atoms with Crippen LogP contribution in [0, 0.1) is 11.3 Å². The quantitative estimate of drug-likeness (QED) is 0.887. The summed E-state index contributed by atoms with van der Waals surface area (Å²) in [6.45, 7) is 0. The van der Waals surface area contributed by atoms with Crippen LogP contribution in [0.3, 0.4) is 0 Å². The second-order valence-corrected chi connectivity index (χ2v) is 4.63. The molecule has 0 unspecified atom stereocenters. The van der Waals surface area contributed by atoms with E-state index in [1.807, 2.05) is 6.07 Å². The highest BCUT2D eigenvalue weighted by molar-refractivity contribution is 5.47. The van der Waals surface area contributed by atoms with E-state index in [0.717, 1.165) is 31.4 Å². The van der Waals surface area contributed by atoms with Gasteiger partial charge in [-0.25, -0.2) is 0 Å². The average Bonchev–Trinajstić information content (AvgIpc) is 2.41. The van der Waals surface area contributed by atoms with Crippen LogP contribution >= 0.6 is 0 Å². The van der Waals surface area contributed by atoms with Gasteiger partial charge in [0.05, 0.1) is 18.8 Å². The highest BCUT2D eigenvalue weighted by Crippen LogP contribution is 2.27. The lowest BCUT2D eigenvalue weighted by Crippen LogP contribution is -2.31. The monoisotopic (exact) mass is 246 g/mol. The zero-order valence-electron chi connectivity index (χ0n) is 10.6. The minimum Gasteiger partial charge on any atom is -0.495 e. The van der Waals surface area contributed by atoms with Gasteiger partial charge in [-0.15, -0.1) is 0 Å². The molecule has 0 heterocycles. The summed E-state index contributed by atoms with van der Waals surface area (Å²) >= 11 is 0. The molecule has 1 saturated carbocycles. The molecule has 0 spiro atoms. The molecule has 4 heteroatoms. The number of benzene rings is 1. The summed E-state index contributed by atoms with van der Waals surface area (Å²) in [6, 6.07) is 7.72. The van der Waals surface area contributed by atoms with E-state index in [2.05, 4.69) is 6.07 Å². The first-order chi connectivity index (χ1) is 8.72. The lowest BCUT2D eigenvalue weighted by molar-refractivity contribution is 0.147. The SMILES string of the molecule is COc1cc(OC2CCC(N)CC2)ccc1C#N. The van der Waals surface area contributed by atoms with Crippen LogP contribution in [0.2, 0.25) is 0 Å². The Morgan fingerprint density at radius 3 is 2.61 bits per heavy atom. The van der Waals surface area contributed by atoms with Gasteiger partial charge in [0.2, 0.25) is 0 Å². The summed E-state index contributed by atoms with van der Waals surface area (Å²) in [5.41, 5.74) is 6.39. The summed E-state index contributed by atoms with van der Waals surface area (Å²) in [5.74, 6) is 1.31. The summed E-state index contributed by atoms with van der Waals surface area (Å²) in [4.78, 5) is 0. The van der Waals surface area contributed by atoms with E-state index < -0.39 is 0 Å². The number of nitrogens with zero attached hydrogens (tertiary/aromatic N) is 1. The first-order valence-electron chi connectivity index (χ1n) is 6.23. The van der Waals surface area contributed by atoms with Crippen LogP contribution in [0.25, 0.3) is 0 Å². The molecule has 1 fully saturated rings. The molecule has 1 aromatic carbocycles. The average molecular weight is 246 g/mol. The van der Waals surface area contributed by atoms with Crippen LogP contribution in [0.15, 0.2) is 18.2 Å². The van der Waals surface area contributed by atoms with Crippen molar-refractivity contribution < 1.29 is 9.47 Å². The second-order valence-electron chi connectivity index (χ2n) is 4.63. The molecule has 1 aliphatic rings. The largest absolute Gasteiger partial charge is 0.495 e. The van der Waals surface area contributed by atoms with Crippen molar-refractivity contribution in [2.24, 2.45) is 5.73 Å². The number of nitriles is 1. The van der Waals surface area contributed by atoms with Crippen molar-refractivity contribution in [3.8, 4) is 17.6 Å². The van der Waals surface area contributed by atoms with Gasteiger partial charge in [0.1, 0.15) is 17.6 Å². The summed E-state index contributed by atoms with van der Waals surface area (Å²) in [7, 11) is 1.56. The van der Waals surface area contributed by atoms with E-state index in [-0.39, 0.29) is 6.10 Å². The maximum atomic E-state index is 8.91. The number of rotatable bonds is 3. The van der Waals surface area contributed by atoms with Gasteiger partial charge in [0.15, 0.2) is 0 Å². The van der Waals surface area contributed by atoms with Crippen molar-refractivity contribution in [2.75, 3.05) is 7.11 Å². The minimum atomic E-state index is 0.224. The van der Waals surface area contributed by atoms with Crippen LogP contribution in [0.4, 0.5) is 0 Å². The molecule has 1 aliphatic carbocycles. The minimum absolute atomic E-state index is 0.224. The molecular weight excluding hydrogens is 228 g/mol. The number of hydrogen-bond acceptors (Lipinski definition) is 4. The Hall–Kier alpha value is -1.73. The maximum Gasteiger partial charge on any atom is 0.140 e. The highest BCUT2D eigenvalue weighted by Gasteiger charge is 2.20. The van der Waals surface area contributed by atoms with E-state index in [9.17, 15) is 0 Å². The number of methoxy groups -OCH3 is 1. The molecule has 2 N–H and O–H groups in total. The van der Waals surface area contributed by atoms with Crippen LogP contribution in [0.5, 0.6) is 11.5 Å². The van der Waals surface area contributed by atoms with Gasteiger partial charge < -0.3 is 15.2 Å². The fourth-order valence-electron chi connectivity index (χ4n) is 2.24. The standard InChI is InChI=1S/C14H18N2O2/c1-17-14-8-13(5-2-10(14)9-15)18-12-6-3-11(16)4-7-12/h2,5,8,11-12H,3-4,6-7,16H2,1H3. The lowest BCUT2D eigenvalue weighted by atomic mass is 9.94. The second kappa shape index (κ2) is 5.74. The van der Waals surface area contributed by atoms with E-state index >= 15 is 0 Å². The molecule has 4 nitrogen and oxygen atoms in total. The van der Waals surface area contributed by atoms with Crippen molar-refractivity contribution in [2.45, 2.75) is 37.8 Å². The van der Waals surface area contributed by atoms with Gasteiger partial charge >= 0.3 is 0 Å². The van der Waals surface area contributed by atoms with Crippen molar-refractivity contribution in [1.82, 2.24) is 0 Å². The Morgan fingerprint density at radius 2 is 2.00 bits per heavy atom. The molecule has 96 valence electrons. The Morgan fingerprint density at radius 1 is 1.28 bits per heavy atom. The first kappa shape index (κ1) is 12.7. The van der Waals surface area contributed by atoms with Crippen LogP contribution in [-0.4, -0.2) is 19.3 Å². The van der Waals surface area contributed by atoms with E-state index in [1.165, 1.54) is 0 Å². The van der Waals surface area contributed by atoms with Crippen molar-refractivity contribution in [1.29, 1.82) is 5.26 Å². The molecule has 0 aliphatic heterocycles. The maximum absolute atomic E-state index is 8.91. The predicted molar refractivity (Wildman–Crippen MR) is 68.6 cm³/mol. The van der Waals surface area contributed by atoms with Crippen molar-refractivity contribution >= 4 is 0 Å². The van der Waals surface area contributed by atoms with E-state index in [1.54, 1.807) is 19.2 Å². The van der Waals surface area contributed by atoms with Crippen LogP contribution in [0.1, 0.15) is 31.2 Å². The van der Waals surface area contributed by atoms with Gasteiger partial charge in [-0.05, 0) is 37.8 Å². The number of ether oxygens (including phenoxy) is 2. The zero-order chi connectivity index (χ0) is 13.0. The Bertz CT molecular complexity index is 446. The Balaban J connectivity index is 2.04. The van der Waals surface area contributed by atoms with E-state index in [0.29, 0.717) is 17.4 Å². The van der Waals surface area contributed by atoms with Gasteiger partial charge in [-0.3, -0.25) is 0 Å². The summed E-state index contributed by atoms with van der Waals surface area (Å²) < 4.78 is 11.1. The normalized spacial score (nSPS) is 23.2. The first-order valence-corrected chi connectivity index (χ1v) is 6.23. The van der Waals surface area contributed by atoms with Gasteiger partial charge in [0.25, 0.3) is 0 Å². The third kappa shape index (κ3) is 2.93. The molecule has 0 aromatic heterocycles. The third-order valence-corrected chi connectivity index (χ3v) is 3.32. The molecule has 0 atom stereocenters. The molecular formula is C14H18N2O2. The topological polar surface area (TPSA) is 68.3 Å². The smallest absolute Gasteiger partial charge is 0.140 e. The van der Waals surface area contributed by atoms with Gasteiger partial charge in [-0.2, -0.15) is 5.26 Å². The Kier molecular flexibility index (Phi) is 4.06. The molecule has 0 saturated heterocycles. The lowest BCUT2D eigenvalue weighted by Gasteiger charge is -2.26. The van der Waals surface area contributed by atoms with E-state index in [4.69, 9.17) is 20.5 Å².